The topological polar surface area (TPSA) is 70.0 Å². The van der Waals surface area contributed by atoms with Gasteiger partial charge in [-0.3, -0.25) is 4.79 Å². The lowest BCUT2D eigenvalue weighted by Crippen LogP contribution is -2.37. The summed E-state index contributed by atoms with van der Waals surface area (Å²) in [7, 11) is 0.855. The number of amides is 1. The van der Waals surface area contributed by atoms with Gasteiger partial charge in [-0.25, -0.2) is 8.42 Å². The molecule has 2 aromatic rings. The Morgan fingerprint density at radius 2 is 1.90 bits per heavy atom. The Labute approximate surface area is 181 Å². The van der Waals surface area contributed by atoms with Gasteiger partial charge in [0.25, 0.3) is 5.91 Å². The summed E-state index contributed by atoms with van der Waals surface area (Å²) in [6, 6.07) is 15.5. The number of hydrogen-bond donors (Lipinski definition) is 0. The van der Waals surface area contributed by atoms with Crippen LogP contribution in [0.2, 0.25) is 0 Å². The van der Waals surface area contributed by atoms with Crippen molar-refractivity contribution in [3.05, 3.63) is 59.7 Å². The zero-order valence-corrected chi connectivity index (χ0v) is 18.9. The number of fused-ring (bicyclic) bond motifs is 1. The van der Waals surface area contributed by atoms with Crippen LogP contribution in [0, 0.1) is 6.92 Å². The van der Waals surface area contributed by atoms with Gasteiger partial charge in [0.2, 0.25) is 0 Å². The summed E-state index contributed by atoms with van der Waals surface area (Å²) in [4.78, 5) is 21.0. The molecule has 0 aliphatic carbocycles. The maximum Gasteiger partial charge on any atom is 0.252 e. The molecule has 0 spiro atoms. The first-order chi connectivity index (χ1) is 14.2. The van der Waals surface area contributed by atoms with Gasteiger partial charge in [0.1, 0.15) is 0 Å². The molecule has 158 valence electrons. The zero-order valence-electron chi connectivity index (χ0n) is 17.3. The summed E-state index contributed by atoms with van der Waals surface area (Å²) in [6.45, 7) is 1.99. The Balaban J connectivity index is 1.63. The molecular formula is C22H25N3O3S2. The van der Waals surface area contributed by atoms with E-state index in [4.69, 9.17) is 0 Å². The van der Waals surface area contributed by atoms with Crippen molar-refractivity contribution in [2.24, 2.45) is 4.99 Å². The monoisotopic (exact) mass is 443 g/mol. The standard InChI is InChI=1S/C22H25N3O3S2/c1-15-5-4-6-16(11-15)12-21(26)23-22-25(18-9-7-17(8-10-18)24(2)3)19-13-30(27,28)14-20(19)29-22/h4-11,19-20H,12-14H2,1-3H3/t19-,20-/m0/s1. The average Bonchev–Trinajstić information content (AvgIpc) is 3.12. The van der Waals surface area contributed by atoms with Crippen molar-refractivity contribution in [2.45, 2.75) is 24.6 Å². The van der Waals surface area contributed by atoms with Gasteiger partial charge in [-0.2, -0.15) is 4.99 Å². The third-order valence-corrected chi connectivity index (χ3v) is 8.58. The minimum atomic E-state index is -3.08. The molecule has 0 bridgehead atoms. The summed E-state index contributed by atoms with van der Waals surface area (Å²) in [5.74, 6) is -0.00825. The van der Waals surface area contributed by atoms with Crippen LogP contribution in [0.1, 0.15) is 11.1 Å². The highest BCUT2D eigenvalue weighted by Crippen LogP contribution is 2.41. The smallest absolute Gasteiger partial charge is 0.252 e. The van der Waals surface area contributed by atoms with Crippen molar-refractivity contribution in [2.75, 3.05) is 35.4 Å². The van der Waals surface area contributed by atoms with E-state index in [1.54, 1.807) is 0 Å². The molecule has 2 saturated heterocycles. The lowest BCUT2D eigenvalue weighted by atomic mass is 10.1. The Morgan fingerprint density at radius 3 is 2.57 bits per heavy atom. The Hall–Kier alpha value is -2.32. The first-order valence-corrected chi connectivity index (χ1v) is 12.5. The van der Waals surface area contributed by atoms with Crippen LogP contribution in [0.25, 0.3) is 0 Å². The number of anilines is 2. The number of sulfone groups is 1. The fraction of sp³-hybridized carbons (Fsp3) is 0.364. The van der Waals surface area contributed by atoms with Crippen LogP contribution in [0.5, 0.6) is 0 Å². The van der Waals surface area contributed by atoms with E-state index in [2.05, 4.69) is 4.99 Å². The van der Waals surface area contributed by atoms with E-state index in [0.29, 0.717) is 5.17 Å². The molecule has 2 aliphatic heterocycles. The van der Waals surface area contributed by atoms with Crippen molar-refractivity contribution < 1.29 is 13.2 Å². The minimum Gasteiger partial charge on any atom is -0.378 e. The van der Waals surface area contributed by atoms with E-state index in [9.17, 15) is 13.2 Å². The Bertz CT molecular complexity index is 1090. The molecule has 30 heavy (non-hydrogen) atoms. The largest absolute Gasteiger partial charge is 0.378 e. The Morgan fingerprint density at radius 1 is 1.17 bits per heavy atom. The van der Waals surface area contributed by atoms with Crippen LogP contribution < -0.4 is 9.80 Å². The maximum absolute atomic E-state index is 12.7. The van der Waals surface area contributed by atoms with E-state index in [-0.39, 0.29) is 35.1 Å². The average molecular weight is 444 g/mol. The molecule has 8 heteroatoms. The van der Waals surface area contributed by atoms with Gasteiger partial charge in [0, 0.05) is 30.7 Å². The number of aryl methyl sites for hydroxylation is 1. The molecule has 6 nitrogen and oxygen atoms in total. The maximum atomic E-state index is 12.7. The van der Waals surface area contributed by atoms with Crippen molar-refractivity contribution in [3.63, 3.8) is 0 Å². The second-order valence-corrected chi connectivity index (χ2v) is 11.4. The molecular weight excluding hydrogens is 418 g/mol. The quantitative estimate of drug-likeness (QED) is 0.724. The van der Waals surface area contributed by atoms with E-state index in [1.807, 2.05) is 79.3 Å². The number of hydrogen-bond acceptors (Lipinski definition) is 5. The van der Waals surface area contributed by atoms with Crippen LogP contribution in [0.4, 0.5) is 11.4 Å². The van der Waals surface area contributed by atoms with Crippen molar-refractivity contribution in [3.8, 4) is 0 Å². The van der Waals surface area contributed by atoms with E-state index < -0.39 is 9.84 Å². The molecule has 2 atom stereocenters. The van der Waals surface area contributed by atoms with Gasteiger partial charge in [-0.15, -0.1) is 0 Å². The number of carbonyl (C=O) groups is 1. The molecule has 0 saturated carbocycles. The summed E-state index contributed by atoms with van der Waals surface area (Å²) in [5, 5.41) is 0.490. The third-order valence-electron chi connectivity index (χ3n) is 5.37. The molecule has 0 radical (unpaired) electrons. The highest BCUT2D eigenvalue weighted by molar-refractivity contribution is 8.16. The molecule has 0 unspecified atom stereocenters. The molecule has 2 heterocycles. The summed E-state index contributed by atoms with van der Waals surface area (Å²) < 4.78 is 24.4. The fourth-order valence-electron chi connectivity index (χ4n) is 3.92. The lowest BCUT2D eigenvalue weighted by Gasteiger charge is -2.25. The second-order valence-electron chi connectivity index (χ2n) is 8.04. The summed E-state index contributed by atoms with van der Waals surface area (Å²) in [5.41, 5.74) is 3.94. The van der Waals surface area contributed by atoms with Crippen LogP contribution in [0.15, 0.2) is 53.5 Å². The number of nitrogens with zero attached hydrogens (tertiary/aromatic N) is 3. The number of amidine groups is 1. The zero-order chi connectivity index (χ0) is 21.5. The van der Waals surface area contributed by atoms with Crippen molar-refractivity contribution in [1.29, 1.82) is 0 Å². The Kier molecular flexibility index (Phi) is 5.63. The predicted molar refractivity (Wildman–Crippen MR) is 124 cm³/mol. The van der Waals surface area contributed by atoms with Crippen LogP contribution in [-0.4, -0.2) is 56.4 Å². The van der Waals surface area contributed by atoms with E-state index >= 15 is 0 Å². The normalized spacial score (nSPS) is 23.6. The van der Waals surface area contributed by atoms with Gasteiger partial charge in [-0.05, 0) is 36.8 Å². The van der Waals surface area contributed by atoms with Crippen LogP contribution >= 0.6 is 11.8 Å². The van der Waals surface area contributed by atoms with Gasteiger partial charge >= 0.3 is 0 Å². The summed E-state index contributed by atoms with van der Waals surface area (Å²) in [6.07, 6.45) is 0.229. The molecule has 2 aliphatic rings. The highest BCUT2D eigenvalue weighted by atomic mass is 32.2. The second kappa shape index (κ2) is 8.07. The van der Waals surface area contributed by atoms with Gasteiger partial charge < -0.3 is 9.80 Å². The highest BCUT2D eigenvalue weighted by Gasteiger charge is 2.49. The molecule has 0 aromatic heterocycles. The first-order valence-electron chi connectivity index (χ1n) is 9.82. The van der Waals surface area contributed by atoms with E-state index in [0.717, 1.165) is 22.5 Å². The number of benzene rings is 2. The molecule has 1 amide bonds. The van der Waals surface area contributed by atoms with Gasteiger partial charge in [0.05, 0.1) is 24.0 Å². The van der Waals surface area contributed by atoms with Crippen molar-refractivity contribution in [1.82, 2.24) is 0 Å². The molecule has 2 aromatic carbocycles. The van der Waals surface area contributed by atoms with Gasteiger partial charge in [0.15, 0.2) is 15.0 Å². The minimum absolute atomic E-state index is 0.0885. The number of rotatable bonds is 4. The fourth-order valence-corrected chi connectivity index (χ4v) is 7.85. The molecule has 0 N–H and O–H groups in total. The number of aliphatic imine (C=N–C) groups is 1. The predicted octanol–water partition coefficient (Wildman–Crippen LogP) is 2.91. The molecule has 4 rings (SSSR count). The first kappa shape index (κ1) is 20.9. The van der Waals surface area contributed by atoms with Crippen LogP contribution in [0.3, 0.4) is 0 Å². The molecule has 2 fully saturated rings. The SMILES string of the molecule is Cc1cccc(CC(=O)N=C2S[C@H]3CS(=O)(=O)C[C@@H]3N2c2ccc(N(C)C)cc2)c1. The van der Waals surface area contributed by atoms with E-state index in [1.165, 1.54) is 11.8 Å². The summed E-state index contributed by atoms with van der Waals surface area (Å²) >= 11 is 1.40. The van der Waals surface area contributed by atoms with Crippen LogP contribution in [-0.2, 0) is 21.1 Å². The van der Waals surface area contributed by atoms with Crippen molar-refractivity contribution >= 4 is 44.0 Å². The van der Waals surface area contributed by atoms with Gasteiger partial charge in [-0.1, -0.05) is 41.6 Å². The lowest BCUT2D eigenvalue weighted by molar-refractivity contribution is -0.117. The third kappa shape index (κ3) is 4.39. The number of thioether (sulfide) groups is 1. The number of carbonyl (C=O) groups excluding carboxylic acids is 1.